The number of carboxylic acid groups (broad SMARTS) is 2. The molecule has 1 saturated carbocycles. The second kappa shape index (κ2) is 4.17. The van der Waals surface area contributed by atoms with Crippen molar-refractivity contribution in [2.45, 2.75) is 39.0 Å². The van der Waals surface area contributed by atoms with Crippen LogP contribution in [0, 0.1) is 17.3 Å². The molecular weight excluding hydrogens is 220 g/mol. The van der Waals surface area contributed by atoms with Crippen molar-refractivity contribution in [3.8, 4) is 0 Å². The number of rotatable bonds is 2. The highest BCUT2D eigenvalue weighted by molar-refractivity contribution is 5.84. The SMILES string of the molecule is C[C@@]1(C(=O)O)[C@H](C(=O)O)CC=C2CCCC[C@@H]21. The van der Waals surface area contributed by atoms with Gasteiger partial charge in [0.2, 0.25) is 0 Å². The standard InChI is InChI=1S/C13H18O4/c1-13(12(16)17)9-5-3-2-4-8(9)6-7-10(13)11(14)15/h6,9-10H,2-5,7H2,1H3,(H,14,15)(H,16,17)/t9-,10-,13-/m0/s1. The molecule has 0 aliphatic heterocycles. The molecule has 2 aliphatic rings. The molecule has 0 heterocycles. The Labute approximate surface area is 100 Å². The number of aliphatic carboxylic acids is 2. The molecule has 2 N–H and O–H groups in total. The predicted molar refractivity (Wildman–Crippen MR) is 61.5 cm³/mol. The number of allylic oxidation sites excluding steroid dienone is 2. The summed E-state index contributed by atoms with van der Waals surface area (Å²) in [7, 11) is 0. The Kier molecular flexibility index (Phi) is 2.98. The smallest absolute Gasteiger partial charge is 0.310 e. The van der Waals surface area contributed by atoms with Crippen molar-refractivity contribution in [3.05, 3.63) is 11.6 Å². The maximum Gasteiger partial charge on any atom is 0.310 e. The van der Waals surface area contributed by atoms with Crippen LogP contribution in [0.15, 0.2) is 11.6 Å². The van der Waals surface area contributed by atoms with Gasteiger partial charge in [-0.2, -0.15) is 0 Å². The third-order valence-corrected chi connectivity index (χ3v) is 4.48. The lowest BCUT2D eigenvalue weighted by Gasteiger charge is -2.44. The van der Waals surface area contributed by atoms with E-state index in [0.717, 1.165) is 25.7 Å². The molecule has 3 atom stereocenters. The minimum absolute atomic E-state index is 0.0939. The molecule has 2 rings (SSSR count). The van der Waals surface area contributed by atoms with Crippen molar-refractivity contribution in [1.82, 2.24) is 0 Å². The average molecular weight is 238 g/mol. The average Bonchev–Trinajstić information content (AvgIpc) is 2.29. The molecule has 17 heavy (non-hydrogen) atoms. The van der Waals surface area contributed by atoms with E-state index in [1.54, 1.807) is 6.92 Å². The van der Waals surface area contributed by atoms with Crippen molar-refractivity contribution in [2.24, 2.45) is 17.3 Å². The molecule has 0 bridgehead atoms. The molecule has 0 aromatic heterocycles. The molecule has 4 heteroatoms. The Hall–Kier alpha value is -1.32. The van der Waals surface area contributed by atoms with E-state index in [1.165, 1.54) is 5.57 Å². The van der Waals surface area contributed by atoms with Crippen LogP contribution in [0.2, 0.25) is 0 Å². The number of carbonyl (C=O) groups is 2. The van der Waals surface area contributed by atoms with Crippen molar-refractivity contribution in [2.75, 3.05) is 0 Å². The lowest BCUT2D eigenvalue weighted by molar-refractivity contribution is -0.166. The molecular formula is C13H18O4. The molecule has 0 amide bonds. The lowest BCUT2D eigenvalue weighted by atomic mass is 9.57. The van der Waals surface area contributed by atoms with Gasteiger partial charge in [0.25, 0.3) is 0 Å². The monoisotopic (exact) mass is 238 g/mol. The van der Waals surface area contributed by atoms with Crippen LogP contribution < -0.4 is 0 Å². The fraction of sp³-hybridized carbons (Fsp3) is 0.692. The Morgan fingerprint density at radius 3 is 2.65 bits per heavy atom. The minimum atomic E-state index is -1.14. The summed E-state index contributed by atoms with van der Waals surface area (Å²) in [4.78, 5) is 22.8. The van der Waals surface area contributed by atoms with Crippen LogP contribution in [0.4, 0.5) is 0 Å². The molecule has 2 aliphatic carbocycles. The van der Waals surface area contributed by atoms with E-state index in [4.69, 9.17) is 0 Å². The van der Waals surface area contributed by atoms with Gasteiger partial charge in [0.1, 0.15) is 0 Å². The summed E-state index contributed by atoms with van der Waals surface area (Å²) >= 11 is 0. The molecule has 94 valence electrons. The first-order chi connectivity index (χ1) is 7.98. The summed E-state index contributed by atoms with van der Waals surface area (Å²) in [6.07, 6.45) is 6.14. The van der Waals surface area contributed by atoms with Gasteiger partial charge < -0.3 is 10.2 Å². The first-order valence-electron chi connectivity index (χ1n) is 6.13. The summed E-state index contributed by atoms with van der Waals surface area (Å²) in [5, 5.41) is 18.7. The second-order valence-electron chi connectivity index (χ2n) is 5.29. The number of hydrogen-bond donors (Lipinski definition) is 2. The number of fused-ring (bicyclic) bond motifs is 1. The third-order valence-electron chi connectivity index (χ3n) is 4.48. The Morgan fingerprint density at radius 2 is 2.06 bits per heavy atom. The van der Waals surface area contributed by atoms with Crippen LogP contribution in [-0.2, 0) is 9.59 Å². The van der Waals surface area contributed by atoms with E-state index >= 15 is 0 Å². The number of hydrogen-bond acceptors (Lipinski definition) is 2. The Balaban J connectivity index is 2.43. The van der Waals surface area contributed by atoms with E-state index in [9.17, 15) is 19.8 Å². The van der Waals surface area contributed by atoms with Crippen LogP contribution in [-0.4, -0.2) is 22.2 Å². The normalized spacial score (nSPS) is 36.9. The summed E-state index contributed by atoms with van der Waals surface area (Å²) in [5.74, 6) is -2.85. The maximum absolute atomic E-state index is 11.6. The Bertz CT molecular complexity index is 385. The van der Waals surface area contributed by atoms with Gasteiger partial charge in [-0.3, -0.25) is 9.59 Å². The van der Waals surface area contributed by atoms with Gasteiger partial charge >= 0.3 is 11.9 Å². The zero-order chi connectivity index (χ0) is 12.6. The summed E-state index contributed by atoms with van der Waals surface area (Å²) in [5.41, 5.74) is 0.0229. The largest absolute Gasteiger partial charge is 0.481 e. The summed E-state index contributed by atoms with van der Waals surface area (Å²) in [6.45, 7) is 1.61. The molecule has 4 nitrogen and oxygen atoms in total. The van der Waals surface area contributed by atoms with Gasteiger partial charge in [-0.15, -0.1) is 0 Å². The van der Waals surface area contributed by atoms with Gasteiger partial charge in [-0.05, 0) is 38.5 Å². The maximum atomic E-state index is 11.6. The van der Waals surface area contributed by atoms with Gasteiger partial charge in [-0.1, -0.05) is 18.1 Å². The Morgan fingerprint density at radius 1 is 1.35 bits per heavy atom. The quantitative estimate of drug-likeness (QED) is 0.724. The first kappa shape index (κ1) is 12.1. The minimum Gasteiger partial charge on any atom is -0.481 e. The van der Waals surface area contributed by atoms with Gasteiger partial charge in [0.05, 0.1) is 11.3 Å². The molecule has 0 radical (unpaired) electrons. The molecule has 0 saturated heterocycles. The highest BCUT2D eigenvalue weighted by Gasteiger charge is 2.53. The van der Waals surface area contributed by atoms with Crippen LogP contribution in [0.5, 0.6) is 0 Å². The molecule has 0 unspecified atom stereocenters. The van der Waals surface area contributed by atoms with Crippen LogP contribution in [0.25, 0.3) is 0 Å². The second-order valence-corrected chi connectivity index (χ2v) is 5.29. The van der Waals surface area contributed by atoms with Crippen LogP contribution in [0.3, 0.4) is 0 Å². The van der Waals surface area contributed by atoms with Crippen LogP contribution >= 0.6 is 0 Å². The fourth-order valence-corrected chi connectivity index (χ4v) is 3.38. The highest BCUT2D eigenvalue weighted by atomic mass is 16.4. The van der Waals surface area contributed by atoms with Gasteiger partial charge in [0.15, 0.2) is 0 Å². The van der Waals surface area contributed by atoms with Gasteiger partial charge in [0, 0.05) is 0 Å². The van der Waals surface area contributed by atoms with Crippen molar-refractivity contribution in [3.63, 3.8) is 0 Å². The summed E-state index contributed by atoms with van der Waals surface area (Å²) < 4.78 is 0. The number of carboxylic acids is 2. The van der Waals surface area contributed by atoms with E-state index in [0.29, 0.717) is 6.42 Å². The van der Waals surface area contributed by atoms with Crippen LogP contribution in [0.1, 0.15) is 39.0 Å². The van der Waals surface area contributed by atoms with Crippen molar-refractivity contribution in [1.29, 1.82) is 0 Å². The van der Waals surface area contributed by atoms with E-state index in [-0.39, 0.29) is 5.92 Å². The molecule has 0 aromatic carbocycles. The molecule has 0 spiro atoms. The third kappa shape index (κ3) is 1.75. The zero-order valence-electron chi connectivity index (χ0n) is 9.98. The van der Waals surface area contributed by atoms with Crippen molar-refractivity contribution >= 4 is 11.9 Å². The predicted octanol–water partition coefficient (Wildman–Crippen LogP) is 2.30. The van der Waals surface area contributed by atoms with Crippen molar-refractivity contribution < 1.29 is 19.8 Å². The first-order valence-corrected chi connectivity index (χ1v) is 6.13. The van der Waals surface area contributed by atoms with E-state index in [2.05, 4.69) is 0 Å². The zero-order valence-corrected chi connectivity index (χ0v) is 9.98. The van der Waals surface area contributed by atoms with Gasteiger partial charge in [-0.25, -0.2) is 0 Å². The summed E-state index contributed by atoms with van der Waals surface area (Å²) in [6, 6.07) is 0. The topological polar surface area (TPSA) is 74.6 Å². The van der Waals surface area contributed by atoms with E-state index in [1.807, 2.05) is 6.08 Å². The fourth-order valence-electron chi connectivity index (χ4n) is 3.38. The molecule has 0 aromatic rings. The lowest BCUT2D eigenvalue weighted by Crippen LogP contribution is -2.49. The molecule has 1 fully saturated rings. The highest BCUT2D eigenvalue weighted by Crippen LogP contribution is 2.51. The van der Waals surface area contributed by atoms with E-state index < -0.39 is 23.3 Å².